The molecule has 1 N–H and O–H groups in total. The van der Waals surface area contributed by atoms with Crippen LogP contribution in [-0.4, -0.2) is 33.4 Å². The third kappa shape index (κ3) is 3.36. The molecule has 2 unspecified atom stereocenters. The number of hydrogen-bond donors (Lipinski definition) is 1. The molecule has 0 saturated heterocycles. The fourth-order valence-corrected chi connectivity index (χ4v) is 3.21. The summed E-state index contributed by atoms with van der Waals surface area (Å²) in [6.45, 7) is 1.80. The molecule has 1 aromatic rings. The second-order valence-electron chi connectivity index (χ2n) is 4.50. The highest BCUT2D eigenvalue weighted by Gasteiger charge is 2.25. The zero-order valence-electron chi connectivity index (χ0n) is 10.4. The molecule has 6 heteroatoms. The van der Waals surface area contributed by atoms with E-state index < -0.39 is 0 Å². The molecular formula is C12H16ClN3OS. The number of carbonyl (C=O) groups is 1. The largest absolute Gasteiger partial charge is 0.348 e. The molecule has 4 nitrogen and oxygen atoms in total. The Morgan fingerprint density at radius 3 is 2.89 bits per heavy atom. The number of amides is 1. The van der Waals surface area contributed by atoms with E-state index in [1.165, 1.54) is 0 Å². The first-order valence-corrected chi connectivity index (χ1v) is 7.60. The van der Waals surface area contributed by atoms with Crippen molar-refractivity contribution < 1.29 is 4.79 Å². The van der Waals surface area contributed by atoms with Crippen LogP contribution in [0.15, 0.2) is 6.07 Å². The Labute approximate surface area is 116 Å². The van der Waals surface area contributed by atoms with Crippen LogP contribution in [0.1, 0.15) is 35.4 Å². The maximum atomic E-state index is 12.0. The normalized spacial score (nSPS) is 23.1. The second-order valence-corrected chi connectivity index (χ2v) is 5.98. The molecule has 0 radical (unpaired) electrons. The van der Waals surface area contributed by atoms with Crippen molar-refractivity contribution in [2.24, 2.45) is 0 Å². The number of nitrogens with one attached hydrogen (secondary N) is 1. The summed E-state index contributed by atoms with van der Waals surface area (Å²) >= 11 is 7.62. The van der Waals surface area contributed by atoms with Crippen LogP contribution < -0.4 is 5.32 Å². The lowest BCUT2D eigenvalue weighted by Gasteiger charge is -2.12. The Balaban J connectivity index is 1.99. The van der Waals surface area contributed by atoms with E-state index >= 15 is 0 Å². The lowest BCUT2D eigenvalue weighted by Crippen LogP contribution is -2.33. The van der Waals surface area contributed by atoms with Crippen LogP contribution in [0.4, 0.5) is 0 Å². The number of aryl methyl sites for hydroxylation is 1. The topological polar surface area (TPSA) is 54.9 Å². The predicted octanol–water partition coefficient (Wildman–Crippen LogP) is 2.45. The molecular weight excluding hydrogens is 270 g/mol. The number of halogens is 1. The summed E-state index contributed by atoms with van der Waals surface area (Å²) in [5.74, 6) is -0.158. The zero-order chi connectivity index (χ0) is 13.1. The maximum absolute atomic E-state index is 12.0. The Hall–Kier alpha value is -0.810. The monoisotopic (exact) mass is 285 g/mol. The Morgan fingerprint density at radius 1 is 1.50 bits per heavy atom. The smallest absolute Gasteiger partial charge is 0.270 e. The van der Waals surface area contributed by atoms with Crippen LogP contribution in [-0.2, 0) is 0 Å². The number of aromatic nitrogens is 2. The van der Waals surface area contributed by atoms with E-state index in [2.05, 4.69) is 21.5 Å². The summed E-state index contributed by atoms with van der Waals surface area (Å²) in [6, 6.07) is 1.91. The van der Waals surface area contributed by atoms with Crippen molar-refractivity contribution in [3.63, 3.8) is 0 Å². The van der Waals surface area contributed by atoms with Gasteiger partial charge < -0.3 is 5.32 Å². The number of carbonyl (C=O) groups excluding carboxylic acids is 1. The molecule has 0 aliphatic heterocycles. The fraction of sp³-hybridized carbons (Fsp3) is 0.583. The number of thioether (sulfide) groups is 1. The van der Waals surface area contributed by atoms with Crippen molar-refractivity contribution in [3.8, 4) is 0 Å². The first-order chi connectivity index (χ1) is 8.58. The van der Waals surface area contributed by atoms with Gasteiger partial charge in [-0.15, -0.1) is 0 Å². The molecule has 2 atom stereocenters. The van der Waals surface area contributed by atoms with Gasteiger partial charge in [-0.2, -0.15) is 11.8 Å². The molecule has 1 fully saturated rings. The average Bonchev–Trinajstić information content (AvgIpc) is 2.75. The summed E-state index contributed by atoms with van der Waals surface area (Å²) in [6.07, 6.45) is 5.35. The van der Waals surface area contributed by atoms with Crippen molar-refractivity contribution in [3.05, 3.63) is 22.7 Å². The summed E-state index contributed by atoms with van der Waals surface area (Å²) < 4.78 is 0. The SMILES string of the molecule is CSC1CCC(NC(=O)c2cc(C)nc(Cl)n2)C1. The van der Waals surface area contributed by atoms with Gasteiger partial charge in [-0.1, -0.05) is 0 Å². The van der Waals surface area contributed by atoms with E-state index in [0.29, 0.717) is 16.6 Å². The standard InChI is InChI=1S/C12H16ClN3OS/c1-7-5-10(16-12(13)14-7)11(17)15-8-3-4-9(6-8)18-2/h5,8-9H,3-4,6H2,1-2H3,(H,15,17). The van der Waals surface area contributed by atoms with Crippen LogP contribution in [0, 0.1) is 6.92 Å². The number of hydrogen-bond acceptors (Lipinski definition) is 4. The van der Waals surface area contributed by atoms with E-state index in [4.69, 9.17) is 11.6 Å². The Morgan fingerprint density at radius 2 is 2.28 bits per heavy atom. The van der Waals surface area contributed by atoms with Gasteiger partial charge in [0.25, 0.3) is 5.91 Å². The molecule has 2 rings (SSSR count). The highest BCUT2D eigenvalue weighted by Crippen LogP contribution is 2.28. The molecule has 0 aromatic carbocycles. The van der Waals surface area contributed by atoms with Crippen molar-refractivity contribution in [1.82, 2.24) is 15.3 Å². The quantitative estimate of drug-likeness (QED) is 0.867. The third-order valence-electron chi connectivity index (χ3n) is 3.11. The molecule has 98 valence electrons. The predicted molar refractivity (Wildman–Crippen MR) is 74.2 cm³/mol. The minimum Gasteiger partial charge on any atom is -0.348 e. The van der Waals surface area contributed by atoms with E-state index in [1.807, 2.05) is 11.8 Å². The molecule has 0 spiro atoms. The van der Waals surface area contributed by atoms with Crippen LogP contribution >= 0.6 is 23.4 Å². The number of rotatable bonds is 3. The van der Waals surface area contributed by atoms with Crippen LogP contribution in [0.25, 0.3) is 0 Å². The van der Waals surface area contributed by atoms with Gasteiger partial charge in [0.15, 0.2) is 0 Å². The summed E-state index contributed by atoms with van der Waals surface area (Å²) in [7, 11) is 0. The molecule has 18 heavy (non-hydrogen) atoms. The zero-order valence-corrected chi connectivity index (χ0v) is 12.0. The molecule has 1 heterocycles. The molecule has 1 amide bonds. The lowest BCUT2D eigenvalue weighted by atomic mass is 10.2. The van der Waals surface area contributed by atoms with Crippen molar-refractivity contribution in [2.75, 3.05) is 6.26 Å². The average molecular weight is 286 g/mol. The fourth-order valence-electron chi connectivity index (χ4n) is 2.19. The second kappa shape index (κ2) is 5.89. The minimum absolute atomic E-state index is 0.119. The van der Waals surface area contributed by atoms with Crippen LogP contribution in [0.2, 0.25) is 5.28 Å². The van der Waals surface area contributed by atoms with Gasteiger partial charge in [0.2, 0.25) is 5.28 Å². The van der Waals surface area contributed by atoms with E-state index in [-0.39, 0.29) is 17.2 Å². The van der Waals surface area contributed by atoms with Gasteiger partial charge >= 0.3 is 0 Å². The summed E-state index contributed by atoms with van der Waals surface area (Å²) in [5, 5.41) is 3.79. The lowest BCUT2D eigenvalue weighted by molar-refractivity contribution is 0.0932. The van der Waals surface area contributed by atoms with E-state index in [9.17, 15) is 4.79 Å². The van der Waals surface area contributed by atoms with E-state index in [1.54, 1.807) is 13.0 Å². The molecule has 1 aromatic heterocycles. The molecule has 1 aliphatic carbocycles. The Bertz CT molecular complexity index is 435. The van der Waals surface area contributed by atoms with E-state index in [0.717, 1.165) is 19.3 Å². The van der Waals surface area contributed by atoms with Gasteiger partial charge in [-0.25, -0.2) is 9.97 Å². The van der Waals surface area contributed by atoms with Crippen molar-refractivity contribution in [1.29, 1.82) is 0 Å². The van der Waals surface area contributed by atoms with Gasteiger partial charge in [-0.05, 0) is 50.1 Å². The molecule has 1 aliphatic rings. The highest BCUT2D eigenvalue weighted by atomic mass is 35.5. The highest BCUT2D eigenvalue weighted by molar-refractivity contribution is 7.99. The summed E-state index contributed by atoms with van der Waals surface area (Å²) in [5.41, 5.74) is 1.05. The first-order valence-electron chi connectivity index (χ1n) is 5.93. The van der Waals surface area contributed by atoms with Crippen LogP contribution in [0.5, 0.6) is 0 Å². The van der Waals surface area contributed by atoms with Gasteiger partial charge in [0.05, 0.1) is 0 Å². The van der Waals surface area contributed by atoms with Crippen molar-refractivity contribution in [2.45, 2.75) is 37.5 Å². The Kier molecular flexibility index (Phi) is 4.45. The molecule has 1 saturated carbocycles. The van der Waals surface area contributed by atoms with Crippen LogP contribution in [0.3, 0.4) is 0 Å². The number of nitrogens with zero attached hydrogens (tertiary/aromatic N) is 2. The van der Waals surface area contributed by atoms with Gasteiger partial charge in [0.1, 0.15) is 5.69 Å². The first kappa shape index (κ1) is 13.6. The maximum Gasteiger partial charge on any atom is 0.270 e. The third-order valence-corrected chi connectivity index (χ3v) is 4.38. The minimum atomic E-state index is -0.158. The van der Waals surface area contributed by atoms with Crippen molar-refractivity contribution >= 4 is 29.3 Å². The molecule has 0 bridgehead atoms. The van der Waals surface area contributed by atoms with Gasteiger partial charge in [-0.3, -0.25) is 4.79 Å². The summed E-state index contributed by atoms with van der Waals surface area (Å²) in [4.78, 5) is 19.9. The van der Waals surface area contributed by atoms with Gasteiger partial charge in [0, 0.05) is 17.0 Å².